The van der Waals surface area contributed by atoms with Gasteiger partial charge in [-0.3, -0.25) is 0 Å². The van der Waals surface area contributed by atoms with Crippen LogP contribution in [0.3, 0.4) is 0 Å². The van der Waals surface area contributed by atoms with E-state index in [1.165, 1.54) is 6.20 Å². The van der Waals surface area contributed by atoms with E-state index in [-0.39, 0.29) is 4.88 Å². The van der Waals surface area contributed by atoms with Gasteiger partial charge < -0.3 is 14.7 Å². The first kappa shape index (κ1) is 13.4. The summed E-state index contributed by atoms with van der Waals surface area (Å²) in [4.78, 5) is 16.8. The summed E-state index contributed by atoms with van der Waals surface area (Å²) in [6.45, 7) is 1.62. The van der Waals surface area contributed by atoms with Crippen LogP contribution in [0.1, 0.15) is 16.1 Å². The van der Waals surface area contributed by atoms with Crippen LogP contribution in [-0.2, 0) is 4.74 Å². The average Bonchev–Trinajstić information content (AvgIpc) is 2.79. The van der Waals surface area contributed by atoms with E-state index in [1.54, 1.807) is 7.11 Å². The van der Waals surface area contributed by atoms with Crippen molar-refractivity contribution >= 4 is 22.4 Å². The van der Waals surface area contributed by atoms with Crippen LogP contribution in [0.4, 0.5) is 5.13 Å². The lowest BCUT2D eigenvalue weighted by Gasteiger charge is -2.19. The van der Waals surface area contributed by atoms with Crippen LogP contribution < -0.4 is 4.90 Å². The molecule has 1 heterocycles. The monoisotopic (exact) mass is 255 g/mol. The summed E-state index contributed by atoms with van der Waals surface area (Å²) in [5, 5.41) is 18.0. The van der Waals surface area contributed by atoms with Crippen molar-refractivity contribution in [1.82, 2.24) is 4.98 Å². The van der Waals surface area contributed by atoms with E-state index in [2.05, 4.69) is 11.1 Å². The summed E-state index contributed by atoms with van der Waals surface area (Å²) in [5.74, 6) is -0.985. The summed E-state index contributed by atoms with van der Waals surface area (Å²) in [7, 11) is 1.59. The standard InChI is InChI=1S/C10H13N3O3S/c1-16-6-5-13(4-2-3-11)10-12-7-8(17-10)9(14)15/h7H,2,4-6H2,1H3,(H,14,15). The molecule has 0 aromatic carbocycles. The molecule has 0 radical (unpaired) electrons. The summed E-state index contributed by atoms with van der Waals surface area (Å²) in [5.41, 5.74) is 0. The molecule has 0 atom stereocenters. The molecule has 1 aromatic rings. The van der Waals surface area contributed by atoms with Crippen molar-refractivity contribution < 1.29 is 14.6 Å². The zero-order valence-corrected chi connectivity index (χ0v) is 10.2. The van der Waals surface area contributed by atoms with Gasteiger partial charge in [0, 0.05) is 20.2 Å². The van der Waals surface area contributed by atoms with E-state index in [0.717, 1.165) is 11.3 Å². The Hall–Kier alpha value is -1.65. The lowest BCUT2D eigenvalue weighted by Crippen LogP contribution is -2.27. The highest BCUT2D eigenvalue weighted by Crippen LogP contribution is 2.22. The van der Waals surface area contributed by atoms with Crippen molar-refractivity contribution in [2.75, 3.05) is 31.7 Å². The fourth-order valence-corrected chi connectivity index (χ4v) is 2.01. The Morgan fingerprint density at radius 1 is 1.71 bits per heavy atom. The van der Waals surface area contributed by atoms with E-state index >= 15 is 0 Å². The molecule has 17 heavy (non-hydrogen) atoms. The molecule has 0 fully saturated rings. The van der Waals surface area contributed by atoms with Gasteiger partial charge in [0.2, 0.25) is 0 Å². The fraction of sp³-hybridized carbons (Fsp3) is 0.500. The number of carbonyl (C=O) groups is 1. The molecule has 0 spiro atoms. The van der Waals surface area contributed by atoms with Crippen LogP contribution in [0.5, 0.6) is 0 Å². The fourth-order valence-electron chi connectivity index (χ4n) is 1.20. The van der Waals surface area contributed by atoms with Crippen LogP contribution >= 0.6 is 11.3 Å². The molecule has 1 rings (SSSR count). The van der Waals surface area contributed by atoms with Crippen molar-refractivity contribution in [3.05, 3.63) is 11.1 Å². The largest absolute Gasteiger partial charge is 0.477 e. The van der Waals surface area contributed by atoms with Crippen molar-refractivity contribution in [3.63, 3.8) is 0 Å². The predicted octanol–water partition coefficient (Wildman–Crippen LogP) is 1.21. The van der Waals surface area contributed by atoms with Crippen molar-refractivity contribution in [2.24, 2.45) is 0 Å². The molecule has 0 aliphatic heterocycles. The Balaban J connectivity index is 2.73. The number of ether oxygens (including phenoxy) is 1. The minimum atomic E-state index is -0.985. The third-order valence-corrected chi connectivity index (χ3v) is 3.08. The number of methoxy groups -OCH3 is 1. The number of carboxylic acids is 1. The van der Waals surface area contributed by atoms with Gasteiger partial charge in [0.25, 0.3) is 0 Å². The second-order valence-corrected chi connectivity index (χ2v) is 4.21. The molecule has 1 N–H and O–H groups in total. The van der Waals surface area contributed by atoms with Gasteiger partial charge >= 0.3 is 5.97 Å². The molecule has 0 aliphatic rings. The van der Waals surface area contributed by atoms with Crippen molar-refractivity contribution in [2.45, 2.75) is 6.42 Å². The Morgan fingerprint density at radius 2 is 2.47 bits per heavy atom. The lowest BCUT2D eigenvalue weighted by molar-refractivity contribution is 0.0702. The molecule has 0 saturated heterocycles. The number of anilines is 1. The van der Waals surface area contributed by atoms with Gasteiger partial charge in [-0.15, -0.1) is 0 Å². The van der Waals surface area contributed by atoms with E-state index in [1.807, 2.05) is 4.90 Å². The molecule has 0 unspecified atom stereocenters. The number of hydrogen-bond acceptors (Lipinski definition) is 6. The summed E-state index contributed by atoms with van der Waals surface area (Å²) in [6.07, 6.45) is 1.69. The number of hydrogen-bond donors (Lipinski definition) is 1. The maximum atomic E-state index is 10.7. The van der Waals surface area contributed by atoms with Gasteiger partial charge in [-0.2, -0.15) is 5.26 Å². The number of aromatic nitrogens is 1. The van der Waals surface area contributed by atoms with Crippen molar-refractivity contribution in [1.29, 1.82) is 5.26 Å². The summed E-state index contributed by atoms with van der Waals surface area (Å²) in [6, 6.07) is 2.05. The molecule has 7 heteroatoms. The lowest BCUT2D eigenvalue weighted by atomic mass is 10.4. The zero-order chi connectivity index (χ0) is 12.7. The highest BCUT2D eigenvalue weighted by molar-refractivity contribution is 7.17. The molecule has 0 saturated carbocycles. The predicted molar refractivity (Wildman–Crippen MR) is 63.4 cm³/mol. The number of nitriles is 1. The Kier molecular flexibility index (Phi) is 5.39. The third-order valence-electron chi connectivity index (χ3n) is 2.03. The van der Waals surface area contributed by atoms with E-state index in [4.69, 9.17) is 15.1 Å². The minimum Gasteiger partial charge on any atom is -0.477 e. The first-order valence-corrected chi connectivity index (χ1v) is 5.80. The third kappa shape index (κ3) is 4.01. The van der Waals surface area contributed by atoms with Gasteiger partial charge in [-0.05, 0) is 0 Å². The van der Waals surface area contributed by atoms with Crippen LogP contribution in [-0.4, -0.2) is 42.9 Å². The van der Waals surface area contributed by atoms with Gasteiger partial charge in [0.1, 0.15) is 4.88 Å². The molecule has 0 amide bonds. The van der Waals surface area contributed by atoms with Crippen LogP contribution in [0.15, 0.2) is 6.20 Å². The van der Waals surface area contributed by atoms with Gasteiger partial charge in [0.05, 0.1) is 25.3 Å². The van der Waals surface area contributed by atoms with E-state index < -0.39 is 5.97 Å². The average molecular weight is 255 g/mol. The maximum absolute atomic E-state index is 10.7. The molecule has 92 valence electrons. The Bertz CT molecular complexity index is 413. The highest BCUT2D eigenvalue weighted by Gasteiger charge is 2.14. The Morgan fingerprint density at radius 3 is 3.00 bits per heavy atom. The molecule has 6 nitrogen and oxygen atoms in total. The van der Waals surface area contributed by atoms with Gasteiger partial charge in [0.15, 0.2) is 5.13 Å². The normalized spacial score (nSPS) is 9.88. The summed E-state index contributed by atoms with van der Waals surface area (Å²) < 4.78 is 4.96. The van der Waals surface area contributed by atoms with E-state index in [0.29, 0.717) is 31.2 Å². The molecule has 1 aromatic heterocycles. The molecule has 0 bridgehead atoms. The second-order valence-electron chi connectivity index (χ2n) is 3.20. The highest BCUT2D eigenvalue weighted by atomic mass is 32.1. The number of carboxylic acid groups (broad SMARTS) is 1. The Labute approximate surface area is 103 Å². The van der Waals surface area contributed by atoms with E-state index in [9.17, 15) is 4.79 Å². The van der Waals surface area contributed by atoms with Crippen LogP contribution in [0, 0.1) is 11.3 Å². The van der Waals surface area contributed by atoms with Gasteiger partial charge in [-0.25, -0.2) is 9.78 Å². The molecule has 0 aliphatic carbocycles. The second kappa shape index (κ2) is 6.83. The number of aromatic carboxylic acids is 1. The van der Waals surface area contributed by atoms with Crippen molar-refractivity contribution in [3.8, 4) is 6.07 Å². The number of rotatable bonds is 7. The SMILES string of the molecule is COCCN(CCC#N)c1ncc(C(=O)O)s1. The summed E-state index contributed by atoms with van der Waals surface area (Å²) >= 11 is 1.10. The minimum absolute atomic E-state index is 0.194. The zero-order valence-electron chi connectivity index (χ0n) is 9.42. The number of nitrogens with zero attached hydrogens (tertiary/aromatic N) is 3. The maximum Gasteiger partial charge on any atom is 0.347 e. The molecular weight excluding hydrogens is 242 g/mol. The van der Waals surface area contributed by atoms with Gasteiger partial charge in [-0.1, -0.05) is 11.3 Å². The van der Waals surface area contributed by atoms with Crippen LogP contribution in [0.25, 0.3) is 0 Å². The number of thiazole rings is 1. The quantitative estimate of drug-likeness (QED) is 0.788. The van der Waals surface area contributed by atoms with Crippen LogP contribution in [0.2, 0.25) is 0 Å². The first-order chi connectivity index (χ1) is 8.19. The smallest absolute Gasteiger partial charge is 0.347 e. The molecular formula is C10H13N3O3S. The topological polar surface area (TPSA) is 86.5 Å². The first-order valence-electron chi connectivity index (χ1n) is 4.99.